The molecular weight excluding hydrogens is 393 g/mol. The molecule has 0 aromatic heterocycles. The van der Waals surface area contributed by atoms with Gasteiger partial charge < -0.3 is 14.8 Å². The van der Waals surface area contributed by atoms with Gasteiger partial charge in [-0.15, -0.1) is 0 Å². The summed E-state index contributed by atoms with van der Waals surface area (Å²) in [4.78, 5) is 22.0. The summed E-state index contributed by atoms with van der Waals surface area (Å²) in [6.07, 6.45) is -5.06. The van der Waals surface area contributed by atoms with Crippen LogP contribution in [0.1, 0.15) is 25.8 Å². The lowest BCUT2D eigenvalue weighted by Crippen LogP contribution is -2.28. The molecule has 1 N–H and O–H groups in total. The summed E-state index contributed by atoms with van der Waals surface area (Å²) in [5, 5.41) is 13.9. The van der Waals surface area contributed by atoms with Crippen molar-refractivity contribution < 1.29 is 32.4 Å². The molecule has 0 saturated carbocycles. The first-order valence-electron chi connectivity index (χ1n) is 8.71. The van der Waals surface area contributed by atoms with Crippen LogP contribution < -0.4 is 10.1 Å². The van der Waals surface area contributed by atoms with Gasteiger partial charge in [0.05, 0.1) is 17.1 Å². The van der Waals surface area contributed by atoms with Gasteiger partial charge >= 0.3 is 12.1 Å². The molecule has 0 fully saturated rings. The standard InChI is InChI=1S/C19H19F3N2O5/c1-3-17(18(25)28-4-2)29-14-8-6-13(7-9-14)23-15-10-5-12(19(20,21)22)11-16(15)24(26)27/h5-11,17,23H,3-4H2,1-2H3. The Morgan fingerprint density at radius 3 is 2.34 bits per heavy atom. The predicted molar refractivity (Wildman–Crippen MR) is 99.2 cm³/mol. The number of hydrogen-bond donors (Lipinski definition) is 1. The Morgan fingerprint density at radius 2 is 1.83 bits per heavy atom. The summed E-state index contributed by atoms with van der Waals surface area (Å²) in [6.45, 7) is 3.68. The van der Waals surface area contributed by atoms with Crippen molar-refractivity contribution in [3.63, 3.8) is 0 Å². The summed E-state index contributed by atoms with van der Waals surface area (Å²) < 4.78 is 48.8. The SMILES string of the molecule is CCOC(=O)C(CC)Oc1ccc(Nc2ccc(C(F)(F)F)cc2[N+](=O)[O-])cc1. The molecule has 2 rings (SSSR count). The largest absolute Gasteiger partial charge is 0.479 e. The van der Waals surface area contributed by atoms with Gasteiger partial charge in [-0.3, -0.25) is 10.1 Å². The van der Waals surface area contributed by atoms with Crippen LogP contribution in [0.4, 0.5) is 30.2 Å². The van der Waals surface area contributed by atoms with E-state index in [0.717, 1.165) is 12.1 Å². The lowest BCUT2D eigenvalue weighted by molar-refractivity contribution is -0.384. The maximum absolute atomic E-state index is 12.8. The van der Waals surface area contributed by atoms with Gasteiger partial charge in [0.2, 0.25) is 0 Å². The van der Waals surface area contributed by atoms with E-state index < -0.39 is 34.4 Å². The fourth-order valence-electron chi connectivity index (χ4n) is 2.43. The molecule has 2 aromatic rings. The predicted octanol–water partition coefficient (Wildman–Crippen LogP) is 5.08. The highest BCUT2D eigenvalue weighted by Crippen LogP contribution is 2.36. The van der Waals surface area contributed by atoms with Crippen LogP contribution in [0.3, 0.4) is 0 Å². The maximum Gasteiger partial charge on any atom is 0.416 e. The lowest BCUT2D eigenvalue weighted by atomic mass is 10.1. The topological polar surface area (TPSA) is 90.7 Å². The molecule has 0 aliphatic heterocycles. The van der Waals surface area contributed by atoms with E-state index in [9.17, 15) is 28.1 Å². The number of esters is 1. The number of nitrogens with one attached hydrogen (secondary N) is 1. The number of hydrogen-bond acceptors (Lipinski definition) is 6. The number of halogens is 3. The number of anilines is 2. The molecule has 0 amide bonds. The summed E-state index contributed by atoms with van der Waals surface area (Å²) in [6, 6.07) is 8.34. The van der Waals surface area contributed by atoms with E-state index in [1.807, 2.05) is 0 Å². The zero-order valence-corrected chi connectivity index (χ0v) is 15.7. The average molecular weight is 412 g/mol. The van der Waals surface area contributed by atoms with E-state index in [4.69, 9.17) is 9.47 Å². The number of nitro groups is 1. The summed E-state index contributed by atoms with van der Waals surface area (Å²) in [5.74, 6) is -0.116. The Balaban J connectivity index is 2.17. The van der Waals surface area contributed by atoms with Crippen LogP contribution in [0.25, 0.3) is 0 Å². The number of nitrogens with zero attached hydrogens (tertiary/aromatic N) is 1. The normalized spacial score (nSPS) is 12.2. The van der Waals surface area contributed by atoms with E-state index in [-0.39, 0.29) is 12.3 Å². The van der Waals surface area contributed by atoms with Crippen LogP contribution in [0.5, 0.6) is 5.75 Å². The molecule has 0 spiro atoms. The molecular formula is C19H19F3N2O5. The summed E-state index contributed by atoms with van der Waals surface area (Å²) in [5.41, 5.74) is -1.50. The lowest BCUT2D eigenvalue weighted by Gasteiger charge is -2.16. The second-order valence-corrected chi connectivity index (χ2v) is 5.90. The Hall–Kier alpha value is -3.30. The Bertz CT molecular complexity index is 869. The highest BCUT2D eigenvalue weighted by molar-refractivity contribution is 5.75. The van der Waals surface area contributed by atoms with Gasteiger partial charge in [-0.25, -0.2) is 4.79 Å². The molecule has 10 heteroatoms. The van der Waals surface area contributed by atoms with Gasteiger partial charge in [-0.05, 0) is 49.7 Å². The van der Waals surface area contributed by atoms with Crippen molar-refractivity contribution in [3.8, 4) is 5.75 Å². The third-order valence-corrected chi connectivity index (χ3v) is 3.85. The molecule has 1 atom stereocenters. The Kier molecular flexibility index (Phi) is 7.03. The third-order valence-electron chi connectivity index (χ3n) is 3.85. The number of benzene rings is 2. The number of alkyl halides is 3. The van der Waals surface area contributed by atoms with Crippen molar-refractivity contribution in [1.82, 2.24) is 0 Å². The van der Waals surface area contributed by atoms with E-state index >= 15 is 0 Å². The van der Waals surface area contributed by atoms with Gasteiger partial charge in [0.25, 0.3) is 5.69 Å². The van der Waals surface area contributed by atoms with E-state index in [1.165, 1.54) is 24.3 Å². The molecule has 0 aliphatic rings. The van der Waals surface area contributed by atoms with Crippen LogP contribution in [-0.2, 0) is 15.7 Å². The maximum atomic E-state index is 12.8. The van der Waals surface area contributed by atoms with Crippen molar-refractivity contribution in [2.45, 2.75) is 32.5 Å². The first-order chi connectivity index (χ1) is 13.7. The van der Waals surface area contributed by atoms with Gasteiger partial charge in [0.15, 0.2) is 6.10 Å². The minimum Gasteiger partial charge on any atom is -0.479 e. The highest BCUT2D eigenvalue weighted by Gasteiger charge is 2.33. The van der Waals surface area contributed by atoms with Gasteiger partial charge in [0, 0.05) is 11.8 Å². The van der Waals surface area contributed by atoms with Crippen LogP contribution in [0.15, 0.2) is 42.5 Å². The first kappa shape index (κ1) is 22.0. The monoisotopic (exact) mass is 412 g/mol. The Labute approximate surface area is 164 Å². The van der Waals surface area contributed by atoms with Crippen LogP contribution in [-0.4, -0.2) is 23.6 Å². The van der Waals surface area contributed by atoms with Crippen LogP contribution in [0, 0.1) is 10.1 Å². The molecule has 0 radical (unpaired) electrons. The third kappa shape index (κ3) is 5.84. The van der Waals surface area contributed by atoms with Gasteiger partial charge in [0.1, 0.15) is 11.4 Å². The molecule has 29 heavy (non-hydrogen) atoms. The minimum absolute atomic E-state index is 0.0883. The van der Waals surface area contributed by atoms with Crippen molar-refractivity contribution in [2.75, 3.05) is 11.9 Å². The van der Waals surface area contributed by atoms with Crippen LogP contribution >= 0.6 is 0 Å². The number of carbonyl (C=O) groups is 1. The first-order valence-corrected chi connectivity index (χ1v) is 8.71. The molecule has 0 saturated heterocycles. The van der Waals surface area contributed by atoms with Crippen molar-refractivity contribution in [2.24, 2.45) is 0 Å². The van der Waals surface area contributed by atoms with Crippen molar-refractivity contribution >= 4 is 23.0 Å². The Morgan fingerprint density at radius 1 is 1.17 bits per heavy atom. The zero-order valence-electron chi connectivity index (χ0n) is 15.7. The van der Waals surface area contributed by atoms with Crippen LogP contribution in [0.2, 0.25) is 0 Å². The molecule has 0 bridgehead atoms. The molecule has 1 unspecified atom stereocenters. The van der Waals surface area contributed by atoms with Gasteiger partial charge in [-0.2, -0.15) is 13.2 Å². The fraction of sp³-hybridized carbons (Fsp3) is 0.316. The molecule has 7 nitrogen and oxygen atoms in total. The zero-order chi connectivity index (χ0) is 21.6. The smallest absolute Gasteiger partial charge is 0.416 e. The average Bonchev–Trinajstić information content (AvgIpc) is 2.66. The summed E-state index contributed by atoms with van der Waals surface area (Å²) >= 11 is 0. The van der Waals surface area contributed by atoms with E-state index in [1.54, 1.807) is 13.8 Å². The minimum atomic E-state index is -4.68. The second-order valence-electron chi connectivity index (χ2n) is 5.90. The van der Waals surface area contributed by atoms with Crippen molar-refractivity contribution in [3.05, 3.63) is 58.1 Å². The fourth-order valence-corrected chi connectivity index (χ4v) is 2.43. The molecule has 0 heterocycles. The quantitative estimate of drug-likeness (QED) is 0.370. The van der Waals surface area contributed by atoms with E-state index in [0.29, 0.717) is 23.9 Å². The molecule has 156 valence electrons. The number of carbonyl (C=O) groups excluding carboxylic acids is 1. The van der Waals surface area contributed by atoms with E-state index in [2.05, 4.69) is 5.32 Å². The number of nitro benzene ring substituents is 1. The highest BCUT2D eigenvalue weighted by atomic mass is 19.4. The summed E-state index contributed by atoms with van der Waals surface area (Å²) in [7, 11) is 0. The van der Waals surface area contributed by atoms with Crippen molar-refractivity contribution in [1.29, 1.82) is 0 Å². The van der Waals surface area contributed by atoms with Gasteiger partial charge in [-0.1, -0.05) is 6.92 Å². The molecule has 0 aliphatic carbocycles. The number of ether oxygens (including phenoxy) is 2. The molecule has 2 aromatic carbocycles. The number of rotatable bonds is 8. The second kappa shape index (κ2) is 9.26.